The van der Waals surface area contributed by atoms with Crippen LogP contribution in [-0.2, 0) is 6.42 Å². The molecule has 5 nitrogen and oxygen atoms in total. The molecule has 0 atom stereocenters. The fourth-order valence-electron chi connectivity index (χ4n) is 2.48. The number of halogens is 2. The van der Waals surface area contributed by atoms with E-state index in [-0.39, 0.29) is 18.0 Å². The minimum atomic E-state index is -0.629. The van der Waals surface area contributed by atoms with Gasteiger partial charge in [0.1, 0.15) is 0 Å². The molecule has 2 heterocycles. The molecule has 0 spiro atoms. The quantitative estimate of drug-likeness (QED) is 0.618. The predicted molar refractivity (Wildman–Crippen MR) is 104 cm³/mol. The number of thiazole rings is 1. The van der Waals surface area contributed by atoms with Crippen molar-refractivity contribution in [3.05, 3.63) is 60.9 Å². The maximum atomic E-state index is 12.5. The lowest BCUT2D eigenvalue weighted by Crippen LogP contribution is -2.17. The van der Waals surface area contributed by atoms with E-state index >= 15 is 0 Å². The lowest BCUT2D eigenvalue weighted by atomic mass is 10.1. The molecule has 1 aromatic carbocycles. The zero-order valence-electron chi connectivity index (χ0n) is 14.1. The molecular formula is C18H16Cl2N2O3S. The number of carbonyl (C=O) groups is 1. The van der Waals surface area contributed by atoms with Gasteiger partial charge in [-0.25, -0.2) is 4.98 Å². The molecule has 3 aromatic rings. The predicted octanol–water partition coefficient (Wildman–Crippen LogP) is 4.71. The van der Waals surface area contributed by atoms with Crippen LogP contribution < -0.4 is 5.56 Å². The van der Waals surface area contributed by atoms with Gasteiger partial charge in [-0.3, -0.25) is 14.0 Å². The van der Waals surface area contributed by atoms with Crippen molar-refractivity contribution in [2.75, 3.05) is 0 Å². The third-order valence-electron chi connectivity index (χ3n) is 3.98. The fraction of sp³-hybridized carbons (Fsp3) is 0.278. The van der Waals surface area contributed by atoms with Gasteiger partial charge in [0, 0.05) is 17.5 Å². The second-order valence-corrected chi connectivity index (χ2v) is 8.08. The summed E-state index contributed by atoms with van der Waals surface area (Å²) in [6.45, 7) is 4.00. The minimum absolute atomic E-state index is 0.0938. The molecule has 0 aliphatic rings. The number of aromatic hydroxyl groups is 1. The van der Waals surface area contributed by atoms with Gasteiger partial charge in [0.2, 0.25) is 5.75 Å². The molecular weight excluding hydrogens is 395 g/mol. The first-order valence-electron chi connectivity index (χ1n) is 8.00. The molecule has 0 radical (unpaired) electrons. The third kappa shape index (κ3) is 3.63. The number of aromatic nitrogens is 2. The molecule has 0 saturated heterocycles. The summed E-state index contributed by atoms with van der Waals surface area (Å²) in [5.74, 6) is -0.792. The number of fused-ring (bicyclic) bond motifs is 1. The summed E-state index contributed by atoms with van der Waals surface area (Å²) in [5.41, 5.74) is 0.0199. The van der Waals surface area contributed by atoms with Gasteiger partial charge < -0.3 is 5.11 Å². The zero-order valence-corrected chi connectivity index (χ0v) is 16.5. The van der Waals surface area contributed by atoms with Crippen molar-refractivity contribution in [2.24, 2.45) is 0 Å². The molecule has 3 rings (SSSR count). The average molecular weight is 411 g/mol. The summed E-state index contributed by atoms with van der Waals surface area (Å²) in [6, 6.07) is 5.13. The molecule has 26 heavy (non-hydrogen) atoms. The third-order valence-corrected chi connectivity index (χ3v) is 6.00. The normalized spacial score (nSPS) is 11.4. The fourth-order valence-corrected chi connectivity index (χ4v) is 3.78. The molecule has 2 aromatic heterocycles. The number of benzene rings is 1. The number of aryl methyl sites for hydroxylation is 1. The second-order valence-electron chi connectivity index (χ2n) is 6.23. The van der Waals surface area contributed by atoms with E-state index in [1.165, 1.54) is 15.7 Å². The maximum absolute atomic E-state index is 12.5. The lowest BCUT2D eigenvalue weighted by molar-refractivity contribution is 0.0975. The van der Waals surface area contributed by atoms with Gasteiger partial charge in [-0.15, -0.1) is 11.3 Å². The number of carbonyl (C=O) groups excluding carboxylic acids is 1. The molecule has 0 saturated carbocycles. The number of ketones is 1. The Morgan fingerprint density at radius 1 is 1.31 bits per heavy atom. The first-order valence-corrected chi connectivity index (χ1v) is 9.57. The molecule has 136 valence electrons. The van der Waals surface area contributed by atoms with Gasteiger partial charge in [-0.1, -0.05) is 43.1 Å². The first-order chi connectivity index (χ1) is 12.3. The highest BCUT2D eigenvalue weighted by Crippen LogP contribution is 2.26. The Hall–Kier alpha value is -1.89. The Labute approximate surface area is 163 Å². The van der Waals surface area contributed by atoms with E-state index in [0.717, 1.165) is 10.4 Å². The molecule has 0 fully saturated rings. The average Bonchev–Trinajstić information content (AvgIpc) is 3.03. The topological polar surface area (TPSA) is 71.7 Å². The van der Waals surface area contributed by atoms with Crippen LogP contribution >= 0.6 is 34.5 Å². The number of hydrogen-bond donors (Lipinski definition) is 1. The Morgan fingerprint density at radius 2 is 2.04 bits per heavy atom. The lowest BCUT2D eigenvalue weighted by Gasteiger charge is -2.05. The van der Waals surface area contributed by atoms with Crippen molar-refractivity contribution < 1.29 is 9.90 Å². The summed E-state index contributed by atoms with van der Waals surface area (Å²) in [4.78, 5) is 30.4. The van der Waals surface area contributed by atoms with Crippen molar-refractivity contribution in [3.63, 3.8) is 0 Å². The van der Waals surface area contributed by atoms with E-state index in [4.69, 9.17) is 23.2 Å². The van der Waals surface area contributed by atoms with Crippen LogP contribution in [0.1, 0.15) is 47.1 Å². The van der Waals surface area contributed by atoms with Crippen molar-refractivity contribution in [1.82, 2.24) is 9.38 Å². The van der Waals surface area contributed by atoms with Gasteiger partial charge >= 0.3 is 5.56 Å². The Bertz CT molecular complexity index is 1060. The van der Waals surface area contributed by atoms with E-state index in [0.29, 0.717) is 21.4 Å². The van der Waals surface area contributed by atoms with E-state index in [1.807, 2.05) is 13.8 Å². The molecule has 8 heteroatoms. The molecule has 1 N–H and O–H groups in total. The highest BCUT2D eigenvalue weighted by atomic mass is 35.5. The number of Topliss-reactive ketones (excluding diaryl/α,β-unsaturated/α-hetero) is 1. The van der Waals surface area contributed by atoms with Crippen LogP contribution in [0.2, 0.25) is 10.0 Å². The smallest absolute Gasteiger partial charge is 0.301 e. The van der Waals surface area contributed by atoms with Crippen LogP contribution in [0.3, 0.4) is 0 Å². The SMILES string of the molecule is CC(C)c1cn2c(=O)c(O)c(C(=O)CCc3ccc(Cl)c(Cl)c3)nc2s1. The van der Waals surface area contributed by atoms with Crippen LogP contribution in [0.15, 0.2) is 29.2 Å². The maximum Gasteiger partial charge on any atom is 0.301 e. The molecule has 0 aliphatic heterocycles. The zero-order chi connectivity index (χ0) is 19.0. The van der Waals surface area contributed by atoms with E-state index < -0.39 is 17.1 Å². The van der Waals surface area contributed by atoms with Gasteiger partial charge in [0.15, 0.2) is 16.4 Å². The van der Waals surface area contributed by atoms with Crippen molar-refractivity contribution in [1.29, 1.82) is 0 Å². The van der Waals surface area contributed by atoms with E-state index in [9.17, 15) is 14.7 Å². The van der Waals surface area contributed by atoms with Gasteiger partial charge in [0.05, 0.1) is 10.0 Å². The summed E-state index contributed by atoms with van der Waals surface area (Å²) in [7, 11) is 0. The monoisotopic (exact) mass is 410 g/mol. The molecule has 0 unspecified atom stereocenters. The number of rotatable bonds is 5. The van der Waals surface area contributed by atoms with Gasteiger partial charge in [0.25, 0.3) is 0 Å². The summed E-state index contributed by atoms with van der Waals surface area (Å²) in [6.07, 6.45) is 2.15. The second kappa shape index (κ2) is 7.39. The van der Waals surface area contributed by atoms with Crippen LogP contribution in [0, 0.1) is 0 Å². The van der Waals surface area contributed by atoms with Gasteiger partial charge in [-0.2, -0.15) is 0 Å². The van der Waals surface area contributed by atoms with E-state index in [1.54, 1.807) is 24.4 Å². The van der Waals surface area contributed by atoms with E-state index in [2.05, 4.69) is 4.98 Å². The minimum Gasteiger partial charge on any atom is -0.501 e. The standard InChI is InChI=1S/C18H16Cl2N2O3S/c1-9(2)14-8-22-17(25)16(24)15(21-18(22)26-14)13(23)6-4-10-3-5-11(19)12(20)7-10/h3,5,7-9,24H,4,6H2,1-2H3. The van der Waals surface area contributed by atoms with Crippen LogP contribution in [-0.4, -0.2) is 20.3 Å². The Balaban J connectivity index is 1.88. The Kier molecular flexibility index (Phi) is 5.37. The summed E-state index contributed by atoms with van der Waals surface area (Å²) in [5, 5.41) is 11.0. The van der Waals surface area contributed by atoms with Crippen molar-refractivity contribution >= 4 is 45.3 Å². The molecule has 0 bridgehead atoms. The molecule has 0 amide bonds. The van der Waals surface area contributed by atoms with Crippen molar-refractivity contribution in [3.8, 4) is 5.75 Å². The molecule has 0 aliphatic carbocycles. The van der Waals surface area contributed by atoms with Crippen molar-refractivity contribution in [2.45, 2.75) is 32.6 Å². The highest BCUT2D eigenvalue weighted by molar-refractivity contribution is 7.17. The number of nitrogens with zero attached hydrogens (tertiary/aromatic N) is 2. The van der Waals surface area contributed by atoms with Crippen LogP contribution in [0.5, 0.6) is 5.75 Å². The summed E-state index contributed by atoms with van der Waals surface area (Å²) >= 11 is 13.2. The first kappa shape index (κ1) is 18.9. The Morgan fingerprint density at radius 3 is 2.69 bits per heavy atom. The van der Waals surface area contributed by atoms with Crippen LogP contribution in [0.4, 0.5) is 0 Å². The summed E-state index contributed by atoms with van der Waals surface area (Å²) < 4.78 is 1.28. The largest absolute Gasteiger partial charge is 0.501 e. The number of hydrogen-bond acceptors (Lipinski definition) is 5. The highest BCUT2D eigenvalue weighted by Gasteiger charge is 2.20. The van der Waals surface area contributed by atoms with Gasteiger partial charge in [-0.05, 0) is 30.0 Å². The van der Waals surface area contributed by atoms with Crippen LogP contribution in [0.25, 0.3) is 4.96 Å².